The molecule has 0 bridgehead atoms. The molecule has 0 spiro atoms. The van der Waals surface area contributed by atoms with Crippen molar-refractivity contribution in [3.05, 3.63) is 0 Å². The van der Waals surface area contributed by atoms with Gasteiger partial charge in [0.25, 0.3) is 0 Å². The zero-order chi connectivity index (χ0) is 15.0. The average molecular weight is 285 g/mol. The predicted molar refractivity (Wildman–Crippen MR) is 81.8 cm³/mol. The number of carbonyl (C=O) groups excluding carboxylic acids is 1. The van der Waals surface area contributed by atoms with E-state index in [1.807, 2.05) is 6.92 Å². The fourth-order valence-corrected chi connectivity index (χ4v) is 2.98. The van der Waals surface area contributed by atoms with Crippen molar-refractivity contribution in [2.75, 3.05) is 40.3 Å². The Balaban J connectivity index is 2.32. The van der Waals surface area contributed by atoms with E-state index in [0.717, 1.165) is 31.7 Å². The molecule has 2 N–H and O–H groups in total. The molecule has 0 aromatic heterocycles. The molecule has 0 aromatic rings. The van der Waals surface area contributed by atoms with E-state index in [1.165, 1.54) is 12.8 Å². The van der Waals surface area contributed by atoms with Gasteiger partial charge in [-0.1, -0.05) is 6.92 Å². The van der Waals surface area contributed by atoms with Crippen LogP contribution in [0.25, 0.3) is 0 Å². The highest BCUT2D eigenvalue weighted by atomic mass is 16.3. The van der Waals surface area contributed by atoms with Crippen molar-refractivity contribution < 1.29 is 9.90 Å². The van der Waals surface area contributed by atoms with Gasteiger partial charge in [-0.3, -0.25) is 0 Å². The summed E-state index contributed by atoms with van der Waals surface area (Å²) in [6, 6.07) is 0.288. The Hall–Kier alpha value is -0.810. The number of aliphatic hydroxyl groups is 1. The first-order valence-corrected chi connectivity index (χ1v) is 7.87. The van der Waals surface area contributed by atoms with E-state index in [9.17, 15) is 4.79 Å². The lowest BCUT2D eigenvalue weighted by Gasteiger charge is -2.32. The molecule has 0 saturated heterocycles. The molecule has 0 heterocycles. The van der Waals surface area contributed by atoms with Crippen LogP contribution in [0.3, 0.4) is 0 Å². The quantitative estimate of drug-likeness (QED) is 0.746. The summed E-state index contributed by atoms with van der Waals surface area (Å²) in [5.74, 6) is 0.766. The lowest BCUT2D eigenvalue weighted by Crippen LogP contribution is -2.47. The SMILES string of the molecule is CCCN(CCO)C(=O)NC1CCC(CN(C)C)CC1. The van der Waals surface area contributed by atoms with Gasteiger partial charge < -0.3 is 20.2 Å². The number of urea groups is 1. The molecule has 5 nitrogen and oxygen atoms in total. The van der Waals surface area contributed by atoms with Crippen LogP contribution in [0, 0.1) is 5.92 Å². The molecule has 1 fully saturated rings. The van der Waals surface area contributed by atoms with Crippen molar-refractivity contribution in [3.63, 3.8) is 0 Å². The molecule has 1 rings (SSSR count). The first kappa shape index (κ1) is 17.2. The molecular formula is C15H31N3O2. The van der Waals surface area contributed by atoms with Gasteiger partial charge in [0.2, 0.25) is 0 Å². The van der Waals surface area contributed by atoms with Gasteiger partial charge in [-0.25, -0.2) is 4.79 Å². The molecule has 2 amide bonds. The van der Waals surface area contributed by atoms with Gasteiger partial charge in [-0.2, -0.15) is 0 Å². The standard InChI is InChI=1S/C15H31N3O2/c1-4-9-18(10-11-19)15(20)16-14-7-5-13(6-8-14)12-17(2)3/h13-14,19H,4-12H2,1-3H3,(H,16,20). The fraction of sp³-hybridized carbons (Fsp3) is 0.933. The predicted octanol–water partition coefficient (Wildman–Crippen LogP) is 1.52. The van der Waals surface area contributed by atoms with Gasteiger partial charge in [0.1, 0.15) is 0 Å². The highest BCUT2D eigenvalue weighted by Crippen LogP contribution is 2.24. The van der Waals surface area contributed by atoms with Gasteiger partial charge in [-0.15, -0.1) is 0 Å². The van der Waals surface area contributed by atoms with Crippen LogP contribution >= 0.6 is 0 Å². The van der Waals surface area contributed by atoms with E-state index in [1.54, 1.807) is 4.90 Å². The van der Waals surface area contributed by atoms with E-state index in [0.29, 0.717) is 19.1 Å². The molecule has 0 atom stereocenters. The third-order valence-corrected chi connectivity index (χ3v) is 3.95. The van der Waals surface area contributed by atoms with E-state index in [-0.39, 0.29) is 12.6 Å². The Kier molecular flexibility index (Phi) is 7.92. The molecule has 5 heteroatoms. The van der Waals surface area contributed by atoms with E-state index in [2.05, 4.69) is 24.3 Å². The van der Waals surface area contributed by atoms with Crippen LogP contribution in [-0.4, -0.2) is 67.3 Å². The minimum atomic E-state index is -0.0167. The average Bonchev–Trinajstić information content (AvgIpc) is 2.40. The minimum Gasteiger partial charge on any atom is -0.395 e. The molecule has 0 unspecified atom stereocenters. The summed E-state index contributed by atoms with van der Waals surface area (Å²) in [7, 11) is 4.23. The van der Waals surface area contributed by atoms with Gasteiger partial charge in [0, 0.05) is 25.7 Å². The van der Waals surface area contributed by atoms with Crippen LogP contribution in [0.1, 0.15) is 39.0 Å². The smallest absolute Gasteiger partial charge is 0.317 e. The van der Waals surface area contributed by atoms with Crippen molar-refractivity contribution in [2.24, 2.45) is 5.92 Å². The largest absolute Gasteiger partial charge is 0.395 e. The van der Waals surface area contributed by atoms with Crippen molar-refractivity contribution in [1.29, 1.82) is 0 Å². The van der Waals surface area contributed by atoms with Crippen LogP contribution in [0.4, 0.5) is 4.79 Å². The first-order chi connectivity index (χ1) is 9.56. The summed E-state index contributed by atoms with van der Waals surface area (Å²) in [4.78, 5) is 16.1. The lowest BCUT2D eigenvalue weighted by molar-refractivity contribution is 0.167. The summed E-state index contributed by atoms with van der Waals surface area (Å²) in [6.45, 7) is 4.36. The summed E-state index contributed by atoms with van der Waals surface area (Å²) >= 11 is 0. The van der Waals surface area contributed by atoms with Crippen molar-refractivity contribution in [3.8, 4) is 0 Å². The van der Waals surface area contributed by atoms with Crippen molar-refractivity contribution >= 4 is 6.03 Å². The number of aliphatic hydroxyl groups excluding tert-OH is 1. The lowest BCUT2D eigenvalue weighted by atomic mass is 9.86. The van der Waals surface area contributed by atoms with E-state index >= 15 is 0 Å². The normalized spacial score (nSPS) is 22.9. The second-order valence-electron chi connectivity index (χ2n) is 6.14. The molecule has 0 aliphatic heterocycles. The maximum atomic E-state index is 12.1. The zero-order valence-corrected chi connectivity index (χ0v) is 13.3. The maximum Gasteiger partial charge on any atom is 0.317 e. The van der Waals surface area contributed by atoms with Crippen molar-refractivity contribution in [1.82, 2.24) is 15.1 Å². The molecule has 0 aromatic carbocycles. The summed E-state index contributed by atoms with van der Waals surface area (Å²) in [5, 5.41) is 12.1. The van der Waals surface area contributed by atoms with Gasteiger partial charge in [0.05, 0.1) is 6.61 Å². The monoisotopic (exact) mass is 285 g/mol. The number of nitrogens with zero attached hydrogens (tertiary/aromatic N) is 2. The molecule has 20 heavy (non-hydrogen) atoms. The third-order valence-electron chi connectivity index (χ3n) is 3.95. The topological polar surface area (TPSA) is 55.8 Å². The molecule has 118 valence electrons. The second-order valence-corrected chi connectivity index (χ2v) is 6.14. The Morgan fingerprint density at radius 2 is 1.85 bits per heavy atom. The molecule has 0 radical (unpaired) electrons. The number of hydrogen-bond acceptors (Lipinski definition) is 3. The number of rotatable bonds is 7. The highest BCUT2D eigenvalue weighted by Gasteiger charge is 2.24. The number of carbonyl (C=O) groups is 1. The van der Waals surface area contributed by atoms with Crippen LogP contribution in [-0.2, 0) is 0 Å². The fourth-order valence-electron chi connectivity index (χ4n) is 2.98. The maximum absolute atomic E-state index is 12.1. The van der Waals surface area contributed by atoms with Crippen LogP contribution < -0.4 is 5.32 Å². The minimum absolute atomic E-state index is 0.0167. The Morgan fingerprint density at radius 1 is 1.20 bits per heavy atom. The van der Waals surface area contributed by atoms with E-state index in [4.69, 9.17) is 5.11 Å². The molecule has 1 saturated carbocycles. The van der Waals surface area contributed by atoms with Crippen LogP contribution in [0.2, 0.25) is 0 Å². The molecule has 1 aliphatic carbocycles. The van der Waals surface area contributed by atoms with Crippen LogP contribution in [0.15, 0.2) is 0 Å². The Labute approximate surface area is 123 Å². The number of amides is 2. The third kappa shape index (κ3) is 6.09. The first-order valence-electron chi connectivity index (χ1n) is 7.87. The zero-order valence-electron chi connectivity index (χ0n) is 13.3. The summed E-state index contributed by atoms with van der Waals surface area (Å²) in [5.41, 5.74) is 0. The highest BCUT2D eigenvalue weighted by molar-refractivity contribution is 5.74. The Morgan fingerprint density at radius 3 is 2.35 bits per heavy atom. The molecule has 1 aliphatic rings. The van der Waals surface area contributed by atoms with Gasteiger partial charge >= 0.3 is 6.03 Å². The summed E-state index contributed by atoms with van der Waals surface area (Å²) in [6.07, 6.45) is 5.45. The van der Waals surface area contributed by atoms with Crippen molar-refractivity contribution in [2.45, 2.75) is 45.1 Å². The van der Waals surface area contributed by atoms with E-state index < -0.39 is 0 Å². The van der Waals surface area contributed by atoms with Gasteiger partial charge in [-0.05, 0) is 52.1 Å². The van der Waals surface area contributed by atoms with Crippen LogP contribution in [0.5, 0.6) is 0 Å². The van der Waals surface area contributed by atoms with Gasteiger partial charge in [0.15, 0.2) is 0 Å². The second kappa shape index (κ2) is 9.19. The number of nitrogens with one attached hydrogen (secondary N) is 1. The Bertz CT molecular complexity index is 270. The number of hydrogen-bond donors (Lipinski definition) is 2. The summed E-state index contributed by atoms with van der Waals surface area (Å²) < 4.78 is 0. The molecular weight excluding hydrogens is 254 g/mol.